The summed E-state index contributed by atoms with van der Waals surface area (Å²) in [5.41, 5.74) is 3.14. The van der Waals surface area contributed by atoms with Crippen molar-refractivity contribution in [3.8, 4) is 0 Å². The molecule has 2 aromatic rings. The van der Waals surface area contributed by atoms with Crippen LogP contribution in [-0.4, -0.2) is 53.5 Å². The van der Waals surface area contributed by atoms with E-state index >= 15 is 0 Å². The van der Waals surface area contributed by atoms with Crippen LogP contribution in [0.25, 0.3) is 0 Å². The molecular weight excluding hydrogens is 436 g/mol. The molecule has 1 saturated carbocycles. The van der Waals surface area contributed by atoms with Crippen LogP contribution in [-0.2, 0) is 9.53 Å². The highest BCUT2D eigenvalue weighted by molar-refractivity contribution is 6.00. The van der Waals surface area contributed by atoms with Gasteiger partial charge in [-0.2, -0.15) is 0 Å². The predicted molar refractivity (Wildman–Crippen MR) is 129 cm³/mol. The Morgan fingerprint density at radius 1 is 1.15 bits per heavy atom. The summed E-state index contributed by atoms with van der Waals surface area (Å²) in [7, 11) is 0. The lowest BCUT2D eigenvalue weighted by Crippen LogP contribution is -2.42. The summed E-state index contributed by atoms with van der Waals surface area (Å²) >= 11 is 0. The smallest absolute Gasteiger partial charge is 0.293 e. The molecule has 4 rings (SSSR count). The molecule has 0 spiro atoms. The first kappa shape index (κ1) is 23.7. The highest BCUT2D eigenvalue weighted by Gasteiger charge is 2.29. The predicted octanol–water partition coefficient (Wildman–Crippen LogP) is 4.05. The van der Waals surface area contributed by atoms with E-state index in [1.54, 1.807) is 12.1 Å². The fraction of sp³-hybridized carbons (Fsp3) is 0.440. The van der Waals surface area contributed by atoms with Crippen molar-refractivity contribution in [2.75, 3.05) is 30.3 Å². The van der Waals surface area contributed by atoms with Crippen LogP contribution >= 0.6 is 0 Å². The molecule has 0 bridgehead atoms. The molecule has 1 aliphatic heterocycles. The van der Waals surface area contributed by atoms with Gasteiger partial charge >= 0.3 is 0 Å². The minimum absolute atomic E-state index is 0.144. The first-order chi connectivity index (χ1) is 16.3. The summed E-state index contributed by atoms with van der Waals surface area (Å²) < 4.78 is 5.69. The Morgan fingerprint density at radius 2 is 1.94 bits per heavy atom. The molecule has 1 aliphatic carbocycles. The lowest BCUT2D eigenvalue weighted by Gasteiger charge is -2.25. The molecule has 0 radical (unpaired) electrons. The number of nitrogens with zero attached hydrogens (tertiary/aromatic N) is 2. The number of rotatable bonds is 9. The van der Waals surface area contributed by atoms with Gasteiger partial charge in [-0.25, -0.2) is 0 Å². The maximum absolute atomic E-state index is 13.4. The Morgan fingerprint density at radius 3 is 2.62 bits per heavy atom. The number of amides is 2. The molecule has 1 atom stereocenters. The summed E-state index contributed by atoms with van der Waals surface area (Å²) in [5, 5.41) is 17.7. The lowest BCUT2D eigenvalue weighted by atomic mass is 10.1. The number of nitrogens with one attached hydrogen (secondary N) is 2. The monoisotopic (exact) mass is 466 g/mol. The minimum Gasteiger partial charge on any atom is -0.377 e. The number of nitro groups is 1. The average molecular weight is 467 g/mol. The number of hydrogen-bond donors (Lipinski definition) is 2. The third-order valence-electron chi connectivity index (χ3n) is 6.33. The molecule has 180 valence electrons. The van der Waals surface area contributed by atoms with Crippen LogP contribution in [0.1, 0.15) is 47.2 Å². The van der Waals surface area contributed by atoms with Gasteiger partial charge in [0.05, 0.1) is 11.0 Å². The quantitative estimate of drug-likeness (QED) is 0.426. The van der Waals surface area contributed by atoms with Gasteiger partial charge in [0, 0.05) is 36.5 Å². The van der Waals surface area contributed by atoms with Crippen LogP contribution in [0.15, 0.2) is 36.4 Å². The van der Waals surface area contributed by atoms with Gasteiger partial charge in [0.15, 0.2) is 0 Å². The largest absolute Gasteiger partial charge is 0.377 e. The van der Waals surface area contributed by atoms with Crippen molar-refractivity contribution in [3.05, 3.63) is 63.2 Å². The number of anilines is 2. The lowest BCUT2D eigenvalue weighted by molar-refractivity contribution is -0.384. The minimum atomic E-state index is -0.487. The van der Waals surface area contributed by atoms with Gasteiger partial charge in [-0.1, -0.05) is 12.1 Å². The number of aryl methyl sites for hydroxylation is 1. The summed E-state index contributed by atoms with van der Waals surface area (Å²) in [5.74, 6) is -0.769. The van der Waals surface area contributed by atoms with Gasteiger partial charge in [0.1, 0.15) is 12.2 Å². The molecule has 9 heteroatoms. The number of ether oxygens (including phenoxy) is 1. The highest BCUT2D eigenvalue weighted by atomic mass is 16.6. The Labute approximate surface area is 198 Å². The van der Waals surface area contributed by atoms with Crippen molar-refractivity contribution < 1.29 is 19.2 Å². The molecule has 2 aromatic carbocycles. The van der Waals surface area contributed by atoms with Crippen molar-refractivity contribution >= 4 is 28.9 Å². The standard InChI is InChI=1S/C25H30N4O5/c1-16-5-3-7-21(17(16)2)27-24(30)15-28(14-20-6-4-12-34-20)25(31)18-8-11-22(26-19-9-10-19)23(13-18)29(32)33/h3,5,7-8,11,13,19-20,26H,4,6,9-10,12,14-15H2,1-2H3,(H,27,30). The number of benzene rings is 2. The van der Waals surface area contributed by atoms with Crippen LogP contribution in [0.5, 0.6) is 0 Å². The molecular formula is C25H30N4O5. The van der Waals surface area contributed by atoms with E-state index in [2.05, 4.69) is 10.6 Å². The molecule has 1 saturated heterocycles. The van der Waals surface area contributed by atoms with Gasteiger partial charge in [0.25, 0.3) is 11.6 Å². The summed E-state index contributed by atoms with van der Waals surface area (Å²) in [6.07, 6.45) is 3.48. The molecule has 1 unspecified atom stereocenters. The SMILES string of the molecule is Cc1cccc(NC(=O)CN(CC2CCCO2)C(=O)c2ccc(NC3CC3)c([N+](=O)[O-])c2)c1C. The zero-order valence-corrected chi connectivity index (χ0v) is 19.5. The van der Waals surface area contributed by atoms with Gasteiger partial charge in [-0.15, -0.1) is 0 Å². The molecule has 2 N–H and O–H groups in total. The summed E-state index contributed by atoms with van der Waals surface area (Å²) in [4.78, 5) is 38.9. The molecule has 2 amide bonds. The summed E-state index contributed by atoms with van der Waals surface area (Å²) in [6, 6.07) is 10.3. The van der Waals surface area contributed by atoms with E-state index in [4.69, 9.17) is 4.74 Å². The van der Waals surface area contributed by atoms with Gasteiger partial charge in [-0.3, -0.25) is 19.7 Å². The third kappa shape index (κ3) is 5.72. The molecule has 2 fully saturated rings. The average Bonchev–Trinajstić information content (AvgIpc) is 3.47. The number of carbonyl (C=O) groups is 2. The topological polar surface area (TPSA) is 114 Å². The van der Waals surface area contributed by atoms with E-state index in [1.165, 1.54) is 11.0 Å². The van der Waals surface area contributed by atoms with E-state index in [0.717, 1.165) is 36.8 Å². The van der Waals surface area contributed by atoms with E-state index in [0.29, 0.717) is 18.0 Å². The summed E-state index contributed by atoms with van der Waals surface area (Å²) in [6.45, 7) is 4.58. The number of nitro benzene ring substituents is 1. The van der Waals surface area contributed by atoms with Crippen molar-refractivity contribution in [3.63, 3.8) is 0 Å². The third-order valence-corrected chi connectivity index (χ3v) is 6.33. The molecule has 1 heterocycles. The first-order valence-corrected chi connectivity index (χ1v) is 11.6. The van der Waals surface area contributed by atoms with Gasteiger partial charge in [-0.05, 0) is 68.9 Å². The molecule has 34 heavy (non-hydrogen) atoms. The van der Waals surface area contributed by atoms with Crippen molar-refractivity contribution in [1.82, 2.24) is 4.90 Å². The Bertz CT molecular complexity index is 1090. The fourth-order valence-electron chi connectivity index (χ4n) is 4.07. The second-order valence-electron chi connectivity index (χ2n) is 9.02. The van der Waals surface area contributed by atoms with E-state index < -0.39 is 10.8 Å². The Hall–Kier alpha value is -3.46. The normalized spacial score (nSPS) is 17.3. The Kier molecular flexibility index (Phi) is 7.12. The molecule has 0 aromatic heterocycles. The fourth-order valence-corrected chi connectivity index (χ4v) is 4.07. The number of carbonyl (C=O) groups excluding carboxylic acids is 2. The van der Waals surface area contributed by atoms with Crippen molar-refractivity contribution in [2.45, 2.75) is 51.7 Å². The van der Waals surface area contributed by atoms with Crippen molar-refractivity contribution in [1.29, 1.82) is 0 Å². The highest BCUT2D eigenvalue weighted by Crippen LogP contribution is 2.32. The van der Waals surface area contributed by atoms with Crippen LogP contribution in [0.3, 0.4) is 0 Å². The zero-order valence-electron chi connectivity index (χ0n) is 19.5. The van der Waals surface area contributed by atoms with Gasteiger partial charge < -0.3 is 20.3 Å². The van der Waals surface area contributed by atoms with Crippen LogP contribution in [0.4, 0.5) is 17.1 Å². The second kappa shape index (κ2) is 10.2. The number of hydrogen-bond acceptors (Lipinski definition) is 6. The molecule has 2 aliphatic rings. The second-order valence-corrected chi connectivity index (χ2v) is 9.02. The van der Waals surface area contributed by atoms with Gasteiger partial charge in [0.2, 0.25) is 5.91 Å². The van der Waals surface area contributed by atoms with Crippen molar-refractivity contribution in [2.24, 2.45) is 0 Å². The van der Waals surface area contributed by atoms with E-state index in [9.17, 15) is 19.7 Å². The van der Waals surface area contributed by atoms with Crippen LogP contribution in [0, 0.1) is 24.0 Å². The maximum atomic E-state index is 13.4. The zero-order chi connectivity index (χ0) is 24.2. The van der Waals surface area contributed by atoms with Crippen LogP contribution < -0.4 is 10.6 Å². The Balaban J connectivity index is 1.54. The van der Waals surface area contributed by atoms with E-state index in [-0.39, 0.29) is 42.4 Å². The first-order valence-electron chi connectivity index (χ1n) is 11.6. The molecule has 9 nitrogen and oxygen atoms in total. The van der Waals surface area contributed by atoms with Crippen LogP contribution in [0.2, 0.25) is 0 Å². The maximum Gasteiger partial charge on any atom is 0.293 e. The van der Waals surface area contributed by atoms with E-state index in [1.807, 2.05) is 32.0 Å².